The first-order valence-electron chi connectivity index (χ1n) is 14.7. The lowest BCUT2D eigenvalue weighted by atomic mass is 10.0. The number of carbonyl (C=O) groups is 3. The van der Waals surface area contributed by atoms with Gasteiger partial charge in [-0.05, 0) is 41.8 Å². The van der Waals surface area contributed by atoms with Gasteiger partial charge in [-0.15, -0.1) is 0 Å². The predicted octanol–water partition coefficient (Wildman–Crippen LogP) is 3.88. The fraction of sp³-hybridized carbons (Fsp3) is 0.303. The summed E-state index contributed by atoms with van der Waals surface area (Å²) in [5.74, 6) is -1.94. The average Bonchev–Trinajstić information content (AvgIpc) is 3.68. The maximum Gasteiger partial charge on any atom is 0.430 e. The molecule has 3 aromatic carbocycles. The number of unbranched alkanes of at least 4 members (excludes halogenated alkanes) is 2. The van der Waals surface area contributed by atoms with Crippen LogP contribution in [-0.2, 0) is 20.9 Å². The van der Waals surface area contributed by atoms with E-state index in [0.717, 1.165) is 53.7 Å². The van der Waals surface area contributed by atoms with E-state index in [4.69, 9.17) is 14.9 Å². The number of hydrogen-bond donors (Lipinski definition) is 2. The van der Waals surface area contributed by atoms with Crippen molar-refractivity contribution in [1.82, 2.24) is 15.1 Å². The van der Waals surface area contributed by atoms with E-state index in [0.29, 0.717) is 18.6 Å². The standard InChI is InChI=1S/C31H33N5O2.C2HF3O2/c1-2-26(37)13-4-3-5-14-27(34-30(38)21-36-29-15-9-8-12-25(29)19-33-36)31-32-20-28(35-31)24-17-16-22-10-6-7-11-23(22)18-24;3-2(4,5)1(6)7/h6-12,15-20,27H,2-5,13-14,21H2,1H3,(H,32,35)(H,34,38);(H,6,7)/t27-;/m0./s1. The number of aromatic nitrogens is 2. The highest BCUT2D eigenvalue weighted by molar-refractivity contribution is 5.92. The van der Waals surface area contributed by atoms with E-state index >= 15 is 0 Å². The molecule has 4 aromatic rings. The molecular weight excluding hydrogens is 587 g/mol. The van der Waals surface area contributed by atoms with Gasteiger partial charge in [-0.2, -0.15) is 18.3 Å². The summed E-state index contributed by atoms with van der Waals surface area (Å²) in [7, 11) is 0. The molecule has 2 heterocycles. The first kappa shape index (κ1) is 33.1. The topological polar surface area (TPSA) is 133 Å². The summed E-state index contributed by atoms with van der Waals surface area (Å²) in [5, 5.41) is 21.9. The summed E-state index contributed by atoms with van der Waals surface area (Å²) in [6, 6.07) is 22.4. The van der Waals surface area contributed by atoms with Crippen molar-refractivity contribution >= 4 is 50.9 Å². The number of nitrogens with zero attached hydrogens (tertiary/aromatic N) is 3. The van der Waals surface area contributed by atoms with E-state index in [9.17, 15) is 22.8 Å². The Morgan fingerprint density at radius 2 is 1.64 bits per heavy atom. The van der Waals surface area contributed by atoms with Crippen molar-refractivity contribution in [2.24, 2.45) is 4.99 Å². The van der Waals surface area contributed by atoms with E-state index in [1.807, 2.05) is 49.5 Å². The van der Waals surface area contributed by atoms with Gasteiger partial charge >= 0.3 is 6.18 Å². The van der Waals surface area contributed by atoms with Crippen LogP contribution in [0, 0.1) is 0 Å². The van der Waals surface area contributed by atoms with Crippen LogP contribution >= 0.6 is 0 Å². The van der Waals surface area contributed by atoms with E-state index in [1.54, 1.807) is 10.9 Å². The largest absolute Gasteiger partial charge is 0.542 e. The van der Waals surface area contributed by atoms with Gasteiger partial charge in [0, 0.05) is 23.8 Å². The lowest BCUT2D eigenvalue weighted by Gasteiger charge is -2.17. The first-order valence-corrected chi connectivity index (χ1v) is 14.7. The first-order chi connectivity index (χ1) is 21.5. The number of amides is 1. The van der Waals surface area contributed by atoms with Crippen LogP contribution in [0.1, 0.15) is 51.0 Å². The Bertz CT molecular complexity index is 1730. The lowest BCUT2D eigenvalue weighted by Crippen LogP contribution is -2.87. The number of carboxylic acids is 1. The summed E-state index contributed by atoms with van der Waals surface area (Å²) < 4.78 is 33.3. The third kappa shape index (κ3) is 9.32. The zero-order valence-corrected chi connectivity index (χ0v) is 24.7. The van der Waals surface area contributed by atoms with E-state index in [2.05, 4.69) is 46.1 Å². The lowest BCUT2D eigenvalue weighted by molar-refractivity contribution is -0.434. The second-order valence-corrected chi connectivity index (χ2v) is 10.6. The number of rotatable bonds is 12. The number of carbonyl (C=O) groups excluding carboxylic acids is 3. The molecule has 0 unspecified atom stereocenters. The van der Waals surface area contributed by atoms with Crippen LogP contribution in [-0.4, -0.2) is 45.5 Å². The third-order valence-electron chi connectivity index (χ3n) is 7.35. The molecule has 0 fully saturated rings. The molecule has 0 bridgehead atoms. The molecule has 0 radical (unpaired) electrons. The maximum absolute atomic E-state index is 13.1. The minimum atomic E-state index is -5.19. The molecule has 1 aliphatic heterocycles. The summed E-state index contributed by atoms with van der Waals surface area (Å²) in [6.45, 7) is 2.05. The molecule has 1 amide bonds. The number of Topliss-reactive ketones (excluding diaryl/α,β-unsaturated/α-hetero) is 1. The van der Waals surface area contributed by atoms with Crippen molar-refractivity contribution in [3.05, 3.63) is 84.7 Å². The number of quaternary nitrogens is 1. The van der Waals surface area contributed by atoms with Crippen molar-refractivity contribution in [1.29, 1.82) is 0 Å². The Labute approximate surface area is 257 Å². The Hall–Kier alpha value is -4.84. The Morgan fingerprint density at radius 1 is 0.956 bits per heavy atom. The molecule has 0 spiro atoms. The monoisotopic (exact) mass is 621 g/mol. The highest BCUT2D eigenvalue weighted by Crippen LogP contribution is 2.20. The molecule has 12 heteroatoms. The second-order valence-electron chi connectivity index (χ2n) is 10.6. The van der Waals surface area contributed by atoms with Gasteiger partial charge in [-0.25, -0.2) is 4.99 Å². The van der Waals surface area contributed by atoms with Crippen LogP contribution in [0.2, 0.25) is 0 Å². The molecule has 0 saturated carbocycles. The Balaban J connectivity index is 0.000000591. The summed E-state index contributed by atoms with van der Waals surface area (Å²) >= 11 is 0. The second kappa shape index (κ2) is 15.2. The Kier molecular flexibility index (Phi) is 11.2. The molecule has 1 aromatic heterocycles. The van der Waals surface area contributed by atoms with Crippen LogP contribution in [0.4, 0.5) is 13.2 Å². The van der Waals surface area contributed by atoms with Gasteiger partial charge in [0.15, 0.2) is 5.70 Å². The van der Waals surface area contributed by atoms with Gasteiger partial charge in [0.2, 0.25) is 11.7 Å². The minimum absolute atomic E-state index is 0.0970. The number of nitrogens with two attached hydrogens (primary N) is 1. The average molecular weight is 622 g/mol. The number of hydrogen-bond acceptors (Lipinski definition) is 6. The molecule has 45 heavy (non-hydrogen) atoms. The number of ketones is 1. The van der Waals surface area contributed by atoms with Gasteiger partial charge in [-0.3, -0.25) is 19.6 Å². The van der Waals surface area contributed by atoms with Gasteiger partial charge in [0.1, 0.15) is 24.3 Å². The maximum atomic E-state index is 13.1. The van der Waals surface area contributed by atoms with Crippen molar-refractivity contribution in [3.63, 3.8) is 0 Å². The molecule has 9 nitrogen and oxygen atoms in total. The van der Waals surface area contributed by atoms with Crippen LogP contribution in [0.15, 0.2) is 84.1 Å². The fourth-order valence-corrected chi connectivity index (χ4v) is 4.94. The molecule has 0 saturated heterocycles. The Morgan fingerprint density at radius 3 is 2.36 bits per heavy atom. The predicted molar refractivity (Wildman–Crippen MR) is 162 cm³/mol. The number of fused-ring (bicyclic) bond motifs is 2. The van der Waals surface area contributed by atoms with Crippen LogP contribution in [0.25, 0.3) is 27.4 Å². The zero-order valence-electron chi connectivity index (χ0n) is 24.7. The smallest absolute Gasteiger partial charge is 0.430 e. The summed E-state index contributed by atoms with van der Waals surface area (Å²) in [4.78, 5) is 38.3. The van der Waals surface area contributed by atoms with Crippen molar-refractivity contribution in [3.8, 4) is 0 Å². The number of amidine groups is 1. The number of halogens is 3. The van der Waals surface area contributed by atoms with Crippen LogP contribution in [0.3, 0.4) is 0 Å². The van der Waals surface area contributed by atoms with E-state index in [1.165, 1.54) is 10.8 Å². The number of nitrogens with one attached hydrogen (secondary N) is 1. The van der Waals surface area contributed by atoms with E-state index < -0.39 is 12.1 Å². The van der Waals surface area contributed by atoms with Gasteiger partial charge in [0.05, 0.1) is 17.9 Å². The zero-order chi connectivity index (χ0) is 32.4. The van der Waals surface area contributed by atoms with Gasteiger partial charge in [-0.1, -0.05) is 68.3 Å². The minimum Gasteiger partial charge on any atom is -0.542 e. The van der Waals surface area contributed by atoms with Crippen molar-refractivity contribution in [2.75, 3.05) is 0 Å². The molecule has 3 N–H and O–H groups in total. The van der Waals surface area contributed by atoms with Gasteiger partial charge < -0.3 is 15.2 Å². The quantitative estimate of drug-likeness (QED) is 0.232. The molecular formula is C33H34F3N5O4. The number of benzene rings is 3. The van der Waals surface area contributed by atoms with Crippen LogP contribution in [0.5, 0.6) is 0 Å². The van der Waals surface area contributed by atoms with Crippen LogP contribution < -0.4 is 15.7 Å². The van der Waals surface area contributed by atoms with E-state index in [-0.39, 0.29) is 18.5 Å². The molecule has 236 valence electrons. The highest BCUT2D eigenvalue weighted by atomic mass is 19.4. The van der Waals surface area contributed by atoms with Gasteiger partial charge in [0.25, 0.3) is 0 Å². The highest BCUT2D eigenvalue weighted by Gasteiger charge is 2.29. The number of aliphatic carboxylic acids is 1. The fourth-order valence-electron chi connectivity index (χ4n) is 4.94. The molecule has 1 aliphatic rings. The number of para-hydroxylation sites is 1. The third-order valence-corrected chi connectivity index (χ3v) is 7.35. The molecule has 5 rings (SSSR count). The molecule has 0 aliphatic carbocycles. The number of alkyl halides is 3. The SMILES string of the molecule is CCC(=O)CCCCC[C@H](NC(=O)Cn1ncc2ccccc21)C1=NC=C(c2ccc3ccccc3c2)[NH2+]1.O=C([O-])C(F)(F)F. The molecule has 1 atom stereocenters. The summed E-state index contributed by atoms with van der Waals surface area (Å²) in [6.07, 6.45) is 3.19. The normalized spacial score (nSPS) is 13.5. The summed E-state index contributed by atoms with van der Waals surface area (Å²) in [5.41, 5.74) is 3.08. The number of aliphatic imine (C=N–C) groups is 1. The van der Waals surface area contributed by atoms with Crippen molar-refractivity contribution < 1.29 is 38.0 Å². The van der Waals surface area contributed by atoms with Crippen molar-refractivity contribution in [2.45, 2.75) is 64.2 Å². The number of carboxylic acid groups (broad SMARTS) is 1.